The summed E-state index contributed by atoms with van der Waals surface area (Å²) < 4.78 is 47.5. The molecule has 3 heterocycles. The first-order valence-electron chi connectivity index (χ1n) is 16.3. The highest BCUT2D eigenvalue weighted by molar-refractivity contribution is 9.10. The van der Waals surface area contributed by atoms with Gasteiger partial charge in [0.2, 0.25) is 0 Å². The first-order chi connectivity index (χ1) is 22.7. The van der Waals surface area contributed by atoms with Crippen LogP contribution >= 0.6 is 54.5 Å². The number of nitrogens with zero attached hydrogens (tertiary/aromatic N) is 1. The summed E-state index contributed by atoms with van der Waals surface area (Å²) in [6.07, 6.45) is 2.85. The van der Waals surface area contributed by atoms with Crippen LogP contribution in [0.4, 0.5) is 4.70 Å². The van der Waals surface area contributed by atoms with Crippen molar-refractivity contribution in [2.24, 2.45) is 16.5 Å². The van der Waals surface area contributed by atoms with Gasteiger partial charge in [-0.25, -0.2) is 17.9 Å². The molecule has 2 aromatic heterocycles. The predicted octanol–water partition coefficient (Wildman–Crippen LogP) is 6.59. The van der Waals surface area contributed by atoms with Gasteiger partial charge in [0.25, 0.3) is 0 Å². The van der Waals surface area contributed by atoms with Crippen LogP contribution in [-0.2, 0) is 42.6 Å². The maximum atomic E-state index is 12.6. The Balaban J connectivity index is 0. The predicted molar refractivity (Wildman–Crippen MR) is 214 cm³/mol. The van der Waals surface area contributed by atoms with Gasteiger partial charge in [-0.1, -0.05) is 0 Å². The average Bonchev–Trinajstić information content (AvgIpc) is 3.67. The Labute approximate surface area is 319 Å². The number of esters is 1. The molecule has 0 fully saturated rings. The highest BCUT2D eigenvalue weighted by Gasteiger charge is 2.37. The van der Waals surface area contributed by atoms with Crippen LogP contribution in [0.1, 0.15) is 93.8 Å². The third kappa shape index (κ3) is 16.6. The Morgan fingerprint density at radius 1 is 0.958 bits per heavy atom. The lowest BCUT2D eigenvalue weighted by molar-refractivity contribution is -0.142. The first kappa shape index (κ1) is 45.4. The van der Waals surface area contributed by atoms with E-state index < -0.39 is 37.8 Å². The average molecular weight is 887 g/mol. The number of methoxy groups -OCH3 is 1. The third-order valence-electron chi connectivity index (χ3n) is 6.59. The van der Waals surface area contributed by atoms with Gasteiger partial charge in [-0.05, 0) is 125 Å². The van der Waals surface area contributed by atoms with Crippen molar-refractivity contribution >= 4 is 88.3 Å². The molecule has 280 valence electrons. The van der Waals surface area contributed by atoms with Crippen molar-refractivity contribution in [2.75, 3.05) is 33.3 Å². The zero-order chi connectivity index (χ0) is 38.1. The maximum Gasteiger partial charge on any atom is 0.307 e. The van der Waals surface area contributed by atoms with Gasteiger partial charge in [-0.15, -0.1) is 22.7 Å². The molecular weight excluding hydrogens is 827 g/mol. The Hall–Kier alpha value is -0.630. The topological polar surface area (TPSA) is 161 Å². The van der Waals surface area contributed by atoms with E-state index in [1.54, 1.807) is 11.3 Å². The summed E-state index contributed by atoms with van der Waals surface area (Å²) in [7, 11) is -1.07. The number of halogens is 3. The molecule has 48 heavy (non-hydrogen) atoms. The van der Waals surface area contributed by atoms with E-state index in [9.17, 15) is 13.2 Å². The lowest BCUT2D eigenvalue weighted by atomic mass is 9.96. The molecular formula is C31H57Br2FN6O4S4. The quantitative estimate of drug-likeness (QED) is 0.150. The standard InChI is InChI=1S/C15H24BrN3OS2.C13H20BrNO3S2.C3H10N2.FH.H2/c1-14(2,3)22(20)19-15(4,12-8-11(16)10-21-12)9-13-17-6-5-7-18-13;1-12(2,3)20(17)15-13(4,7-11(16)18-5)10-6-9(14)8-19-10;4-2-1-3-5;;/h8,10,19H,5-7,9H2,1-4H3,(H,17,18);6,8,15H,7H2,1-5H3;1-5H2;2*1H/t15-,22?;13-,20?;;;/m00.../s1/i;;;;1+1D. The molecule has 10 nitrogen and oxygen atoms in total. The second-order valence-corrected chi connectivity index (χ2v) is 20.9. The number of hydrogen-bond acceptors (Lipinski definition) is 10. The fraction of sp³-hybridized carbons (Fsp3) is 0.677. The smallest absolute Gasteiger partial charge is 0.307 e. The summed E-state index contributed by atoms with van der Waals surface area (Å²) in [6.45, 7) is 18.9. The lowest BCUT2D eigenvalue weighted by Crippen LogP contribution is -2.48. The minimum atomic E-state index is -1.28. The second kappa shape index (κ2) is 21.7. The number of rotatable bonds is 12. The molecule has 0 radical (unpaired) electrons. The number of nitrogens with one attached hydrogen (secondary N) is 3. The maximum absolute atomic E-state index is 12.6. The largest absolute Gasteiger partial charge is 0.469 e. The van der Waals surface area contributed by atoms with E-state index in [4.69, 9.17) is 19.2 Å². The van der Waals surface area contributed by atoms with E-state index in [1.807, 2.05) is 59.9 Å². The molecule has 1 aliphatic heterocycles. The summed E-state index contributed by atoms with van der Waals surface area (Å²) in [5.41, 5.74) is 8.99. The number of carbonyl (C=O) groups is 1. The minimum Gasteiger partial charge on any atom is -0.469 e. The van der Waals surface area contributed by atoms with E-state index in [2.05, 4.69) is 70.0 Å². The number of hydrogen-bond donors (Lipinski definition) is 5. The van der Waals surface area contributed by atoms with Gasteiger partial charge in [0.15, 0.2) is 0 Å². The molecule has 2 aromatic rings. The van der Waals surface area contributed by atoms with Gasteiger partial charge in [-0.3, -0.25) is 14.5 Å². The van der Waals surface area contributed by atoms with Crippen molar-refractivity contribution in [1.29, 1.82) is 0 Å². The number of nitrogens with two attached hydrogens (primary N) is 2. The fourth-order valence-electron chi connectivity index (χ4n) is 3.78. The van der Waals surface area contributed by atoms with Crippen molar-refractivity contribution < 1.29 is 25.6 Å². The van der Waals surface area contributed by atoms with Crippen LogP contribution in [0.15, 0.2) is 36.8 Å². The van der Waals surface area contributed by atoms with Crippen molar-refractivity contribution in [3.63, 3.8) is 0 Å². The van der Waals surface area contributed by atoms with Gasteiger partial charge in [0.05, 0.1) is 61.9 Å². The molecule has 0 spiro atoms. The zero-order valence-electron chi connectivity index (χ0n) is 31.5. The molecule has 0 aromatic carbocycles. The molecule has 2 unspecified atom stereocenters. The van der Waals surface area contributed by atoms with Gasteiger partial charge in [0.1, 0.15) is 0 Å². The third-order valence-corrected chi connectivity index (χ3v) is 14.0. The monoisotopic (exact) mass is 884 g/mol. The molecule has 3 rings (SSSR count). The van der Waals surface area contributed by atoms with Crippen molar-refractivity contribution in [1.82, 2.24) is 14.8 Å². The number of thiophene rings is 2. The van der Waals surface area contributed by atoms with Gasteiger partial charge < -0.3 is 21.5 Å². The van der Waals surface area contributed by atoms with Gasteiger partial charge >= 0.3 is 5.97 Å². The van der Waals surface area contributed by atoms with Crippen LogP contribution in [0.5, 0.6) is 0 Å². The number of ether oxygens (including phenoxy) is 1. The Kier molecular flexibility index (Phi) is 20.5. The number of carbonyl (C=O) groups excluding carboxylic acids is 1. The summed E-state index contributed by atoms with van der Waals surface area (Å²) in [5, 5.41) is 7.37. The highest BCUT2D eigenvalue weighted by Crippen LogP contribution is 2.35. The molecule has 17 heteroatoms. The van der Waals surface area contributed by atoms with E-state index in [0.717, 1.165) is 63.6 Å². The summed E-state index contributed by atoms with van der Waals surface area (Å²) in [5.74, 6) is 0.659. The van der Waals surface area contributed by atoms with Crippen molar-refractivity contribution in [2.45, 2.75) is 102 Å². The van der Waals surface area contributed by atoms with E-state index >= 15 is 0 Å². The van der Waals surface area contributed by atoms with Crippen LogP contribution in [-0.4, -0.2) is 63.0 Å². The first-order valence-corrected chi connectivity index (χ1v) is 21.0. The van der Waals surface area contributed by atoms with Crippen LogP contribution < -0.4 is 26.2 Å². The van der Waals surface area contributed by atoms with Crippen molar-refractivity contribution in [3.8, 4) is 0 Å². The Bertz CT molecular complexity index is 1360. The highest BCUT2D eigenvalue weighted by atomic mass is 79.9. The Morgan fingerprint density at radius 3 is 1.75 bits per heavy atom. The summed E-state index contributed by atoms with van der Waals surface area (Å²) >= 11 is 10.1. The molecule has 0 aliphatic carbocycles. The van der Waals surface area contributed by atoms with Crippen molar-refractivity contribution in [3.05, 3.63) is 41.6 Å². The molecule has 0 saturated carbocycles. The fourth-order valence-corrected chi connectivity index (χ4v) is 8.80. The number of aliphatic imine (C=N–C) groups is 1. The van der Waals surface area contributed by atoms with E-state index in [-0.39, 0.29) is 21.8 Å². The number of amidine groups is 1. The van der Waals surface area contributed by atoms with Crippen LogP contribution in [0.2, 0.25) is 0 Å². The van der Waals surface area contributed by atoms with Gasteiger partial charge in [-0.2, -0.15) is 0 Å². The summed E-state index contributed by atoms with van der Waals surface area (Å²) in [4.78, 5) is 18.3. The normalized spacial score (nSPS) is 17.1. The Morgan fingerprint density at radius 2 is 1.42 bits per heavy atom. The lowest BCUT2D eigenvalue weighted by Gasteiger charge is -2.33. The van der Waals surface area contributed by atoms with Gasteiger partial charge in [0, 0.05) is 51.9 Å². The molecule has 7 N–H and O–H groups in total. The second-order valence-electron chi connectivity index (χ2n) is 13.4. The zero-order valence-corrected chi connectivity index (χ0v) is 35.9. The molecule has 0 saturated heterocycles. The summed E-state index contributed by atoms with van der Waals surface area (Å²) in [6, 6.07) is 4.03. The van der Waals surface area contributed by atoms with Crippen LogP contribution in [0, 0.1) is 0 Å². The van der Waals surface area contributed by atoms with E-state index in [0.29, 0.717) is 6.42 Å². The minimum absolute atomic E-state index is 0. The SMILES string of the molecule is CC(C)(C)S(=O)N[C@@](C)(CC1=NCCCN1)c1cc(Br)cs1.COC(=O)C[C@](C)(NS(=O)C(C)(C)C)c1cc(Br)cs1.F.NCCCN.[2H][2H]. The van der Waals surface area contributed by atoms with Crippen LogP contribution in [0.25, 0.3) is 0 Å². The molecule has 0 amide bonds. The molecule has 4 atom stereocenters. The molecule has 0 bridgehead atoms. The van der Waals surface area contributed by atoms with E-state index in [1.165, 1.54) is 18.4 Å². The molecule has 1 aliphatic rings. The van der Waals surface area contributed by atoms with Crippen LogP contribution in [0.3, 0.4) is 0 Å².